The summed E-state index contributed by atoms with van der Waals surface area (Å²) in [6.45, 7) is 5.31. The summed E-state index contributed by atoms with van der Waals surface area (Å²) in [5, 5.41) is 0.491. The van der Waals surface area contributed by atoms with Gasteiger partial charge in [0.1, 0.15) is 5.82 Å². The maximum atomic E-state index is 12.7. The molecule has 0 aliphatic carbocycles. The lowest BCUT2D eigenvalue weighted by Gasteiger charge is -2.27. The number of amides is 1. The van der Waals surface area contributed by atoms with Crippen LogP contribution in [0.25, 0.3) is 0 Å². The van der Waals surface area contributed by atoms with E-state index >= 15 is 0 Å². The molecule has 1 aromatic carbocycles. The standard InChI is InChI=1S/C21H24ClN3O3/c1-2-24(13-15-6-7-18-19(10-15)28-14-27-18)20-17(22)11-16(12-23-20)21(26)25-8-4-3-5-9-25/h6-7,10-12H,2-5,8-9,13-14H2,1H3. The number of hydrogen-bond acceptors (Lipinski definition) is 5. The highest BCUT2D eigenvalue weighted by atomic mass is 35.5. The van der Waals surface area contributed by atoms with E-state index in [-0.39, 0.29) is 12.7 Å². The zero-order valence-electron chi connectivity index (χ0n) is 16.0. The fourth-order valence-corrected chi connectivity index (χ4v) is 3.94. The molecule has 7 heteroatoms. The minimum atomic E-state index is 0.0134. The van der Waals surface area contributed by atoms with Crippen LogP contribution in [0.2, 0.25) is 5.02 Å². The van der Waals surface area contributed by atoms with Gasteiger partial charge in [0.2, 0.25) is 6.79 Å². The molecule has 0 saturated carbocycles. The van der Waals surface area contributed by atoms with Gasteiger partial charge < -0.3 is 19.3 Å². The van der Waals surface area contributed by atoms with E-state index in [0.717, 1.165) is 49.5 Å². The topological polar surface area (TPSA) is 54.9 Å². The van der Waals surface area contributed by atoms with Crippen LogP contribution in [-0.4, -0.2) is 42.2 Å². The Bertz CT molecular complexity index is 868. The predicted octanol–water partition coefficient (Wildman–Crippen LogP) is 4.12. The Kier molecular flexibility index (Phi) is 5.57. The van der Waals surface area contributed by atoms with E-state index < -0.39 is 0 Å². The third-order valence-corrected chi connectivity index (χ3v) is 5.48. The van der Waals surface area contributed by atoms with Crippen LogP contribution in [-0.2, 0) is 6.54 Å². The van der Waals surface area contributed by atoms with E-state index in [1.54, 1.807) is 12.3 Å². The first-order valence-corrected chi connectivity index (χ1v) is 10.1. The molecule has 1 fully saturated rings. The Hall–Kier alpha value is -2.47. The molecule has 0 bridgehead atoms. The van der Waals surface area contributed by atoms with Gasteiger partial charge in [-0.15, -0.1) is 0 Å². The van der Waals surface area contributed by atoms with Crippen molar-refractivity contribution >= 4 is 23.3 Å². The second-order valence-electron chi connectivity index (χ2n) is 7.08. The second kappa shape index (κ2) is 8.27. The first-order valence-electron chi connectivity index (χ1n) is 9.74. The molecule has 0 N–H and O–H groups in total. The van der Waals surface area contributed by atoms with Gasteiger partial charge in [0.05, 0.1) is 10.6 Å². The van der Waals surface area contributed by atoms with Crippen molar-refractivity contribution in [1.29, 1.82) is 0 Å². The number of rotatable bonds is 5. The number of anilines is 1. The van der Waals surface area contributed by atoms with Gasteiger partial charge >= 0.3 is 0 Å². The lowest BCUT2D eigenvalue weighted by atomic mass is 10.1. The predicted molar refractivity (Wildman–Crippen MR) is 108 cm³/mol. The molecule has 0 atom stereocenters. The van der Waals surface area contributed by atoms with Crippen molar-refractivity contribution in [2.75, 3.05) is 31.3 Å². The summed E-state index contributed by atoms with van der Waals surface area (Å²) in [4.78, 5) is 21.2. The van der Waals surface area contributed by atoms with E-state index in [1.807, 2.05) is 23.1 Å². The summed E-state index contributed by atoms with van der Waals surface area (Å²) in [6.07, 6.45) is 4.95. The molecule has 6 nitrogen and oxygen atoms in total. The zero-order valence-corrected chi connectivity index (χ0v) is 16.7. The maximum Gasteiger partial charge on any atom is 0.255 e. The van der Waals surface area contributed by atoms with E-state index in [0.29, 0.717) is 22.9 Å². The molecule has 2 aliphatic heterocycles. The monoisotopic (exact) mass is 401 g/mol. The van der Waals surface area contributed by atoms with Crippen LogP contribution in [0.4, 0.5) is 5.82 Å². The van der Waals surface area contributed by atoms with Crippen LogP contribution in [0.15, 0.2) is 30.5 Å². The van der Waals surface area contributed by atoms with Crippen molar-refractivity contribution in [2.45, 2.75) is 32.7 Å². The van der Waals surface area contributed by atoms with Gasteiger partial charge in [-0.2, -0.15) is 0 Å². The zero-order chi connectivity index (χ0) is 19.5. The van der Waals surface area contributed by atoms with Crippen molar-refractivity contribution in [2.24, 2.45) is 0 Å². The quantitative estimate of drug-likeness (QED) is 0.754. The second-order valence-corrected chi connectivity index (χ2v) is 7.49. The van der Waals surface area contributed by atoms with Gasteiger partial charge in [-0.3, -0.25) is 4.79 Å². The van der Waals surface area contributed by atoms with Crippen LogP contribution < -0.4 is 14.4 Å². The number of ether oxygens (including phenoxy) is 2. The number of pyridine rings is 1. The molecule has 4 rings (SSSR count). The third-order valence-electron chi connectivity index (χ3n) is 5.20. The number of nitrogens with zero attached hydrogens (tertiary/aromatic N) is 3. The van der Waals surface area contributed by atoms with Gasteiger partial charge in [0, 0.05) is 32.4 Å². The highest BCUT2D eigenvalue weighted by Gasteiger charge is 2.21. The Morgan fingerprint density at radius 2 is 1.96 bits per heavy atom. The summed E-state index contributed by atoms with van der Waals surface area (Å²) in [5.74, 6) is 2.22. The molecule has 2 aromatic rings. The number of piperidine rings is 1. The highest BCUT2D eigenvalue weighted by molar-refractivity contribution is 6.33. The largest absolute Gasteiger partial charge is 0.454 e. The summed E-state index contributed by atoms with van der Waals surface area (Å²) < 4.78 is 10.8. The lowest BCUT2D eigenvalue weighted by Crippen LogP contribution is -2.35. The van der Waals surface area contributed by atoms with Crippen molar-refractivity contribution in [3.63, 3.8) is 0 Å². The van der Waals surface area contributed by atoms with E-state index in [4.69, 9.17) is 21.1 Å². The molecule has 3 heterocycles. The Labute approximate surface area is 170 Å². The van der Waals surface area contributed by atoms with Gasteiger partial charge in [-0.1, -0.05) is 17.7 Å². The Morgan fingerprint density at radius 3 is 2.71 bits per heavy atom. The Balaban J connectivity index is 1.51. The normalized spacial score (nSPS) is 15.6. The molecule has 1 aromatic heterocycles. The van der Waals surface area contributed by atoms with Crippen molar-refractivity contribution in [3.8, 4) is 11.5 Å². The number of hydrogen-bond donors (Lipinski definition) is 0. The van der Waals surface area contributed by atoms with Gasteiger partial charge in [0.25, 0.3) is 5.91 Å². The van der Waals surface area contributed by atoms with E-state index in [9.17, 15) is 4.79 Å². The lowest BCUT2D eigenvalue weighted by molar-refractivity contribution is 0.0724. The number of likely N-dealkylation sites (tertiary alicyclic amines) is 1. The van der Waals surface area contributed by atoms with E-state index in [2.05, 4.69) is 16.8 Å². The molecular weight excluding hydrogens is 378 g/mol. The molecule has 28 heavy (non-hydrogen) atoms. The summed E-state index contributed by atoms with van der Waals surface area (Å²) >= 11 is 6.53. The maximum absolute atomic E-state index is 12.7. The average molecular weight is 402 g/mol. The number of carbonyl (C=O) groups excluding carboxylic acids is 1. The van der Waals surface area contributed by atoms with Crippen LogP contribution >= 0.6 is 11.6 Å². The summed E-state index contributed by atoms with van der Waals surface area (Å²) in [6, 6.07) is 7.65. The van der Waals surface area contributed by atoms with Crippen LogP contribution in [0.3, 0.4) is 0 Å². The number of halogens is 1. The molecular formula is C21H24ClN3O3. The fourth-order valence-electron chi connectivity index (χ4n) is 3.66. The van der Waals surface area contributed by atoms with Crippen molar-refractivity contribution in [3.05, 3.63) is 46.6 Å². The minimum absolute atomic E-state index is 0.0134. The third kappa shape index (κ3) is 3.87. The average Bonchev–Trinajstić information content (AvgIpc) is 3.20. The number of carbonyl (C=O) groups is 1. The molecule has 0 spiro atoms. The molecule has 1 saturated heterocycles. The van der Waals surface area contributed by atoms with Crippen molar-refractivity contribution in [1.82, 2.24) is 9.88 Å². The van der Waals surface area contributed by atoms with Crippen molar-refractivity contribution < 1.29 is 14.3 Å². The molecule has 0 radical (unpaired) electrons. The number of aromatic nitrogens is 1. The first-order chi connectivity index (χ1) is 13.7. The minimum Gasteiger partial charge on any atom is -0.454 e. The summed E-state index contributed by atoms with van der Waals surface area (Å²) in [7, 11) is 0. The highest BCUT2D eigenvalue weighted by Crippen LogP contribution is 2.33. The SMILES string of the molecule is CCN(Cc1ccc2c(c1)OCO2)c1ncc(C(=O)N2CCCCC2)cc1Cl. The molecule has 0 unspecified atom stereocenters. The van der Waals surface area contributed by atoms with Crippen LogP contribution in [0.5, 0.6) is 11.5 Å². The van der Waals surface area contributed by atoms with E-state index in [1.165, 1.54) is 6.42 Å². The summed E-state index contributed by atoms with van der Waals surface area (Å²) in [5.41, 5.74) is 1.63. The van der Waals surface area contributed by atoms with Crippen LogP contribution in [0, 0.1) is 0 Å². The molecule has 2 aliphatic rings. The first kappa shape index (κ1) is 18.9. The van der Waals surface area contributed by atoms with Gasteiger partial charge in [-0.05, 0) is 49.9 Å². The number of fused-ring (bicyclic) bond motifs is 1. The smallest absolute Gasteiger partial charge is 0.255 e. The number of benzene rings is 1. The van der Waals surface area contributed by atoms with Crippen LogP contribution in [0.1, 0.15) is 42.1 Å². The van der Waals surface area contributed by atoms with Gasteiger partial charge in [0.15, 0.2) is 11.5 Å². The van der Waals surface area contributed by atoms with Gasteiger partial charge in [-0.25, -0.2) is 4.98 Å². The fraction of sp³-hybridized carbons (Fsp3) is 0.429. The molecule has 1 amide bonds. The molecule has 148 valence electrons. The Morgan fingerprint density at radius 1 is 1.18 bits per heavy atom.